The third-order valence-electron chi connectivity index (χ3n) is 3.98. The van der Waals surface area contributed by atoms with E-state index in [1.165, 1.54) is 24.5 Å². The van der Waals surface area contributed by atoms with Gasteiger partial charge >= 0.3 is 6.61 Å². The number of hydrogen-bond donors (Lipinski definition) is 1. The molecule has 31 heavy (non-hydrogen) atoms. The lowest BCUT2D eigenvalue weighted by Crippen LogP contribution is -2.04. The second-order valence-corrected chi connectivity index (χ2v) is 6.00. The highest BCUT2D eigenvalue weighted by Gasteiger charge is 2.13. The predicted molar refractivity (Wildman–Crippen MR) is 110 cm³/mol. The van der Waals surface area contributed by atoms with Crippen molar-refractivity contribution < 1.29 is 27.8 Å². The Kier molecular flexibility index (Phi) is 9.20. The molecule has 6 nitrogen and oxygen atoms in total. The molecule has 0 saturated heterocycles. The molecule has 0 aliphatic rings. The highest BCUT2D eigenvalue weighted by molar-refractivity contribution is 5.69. The van der Waals surface area contributed by atoms with Gasteiger partial charge in [0.2, 0.25) is 11.8 Å². The van der Waals surface area contributed by atoms with Crippen molar-refractivity contribution in [1.82, 2.24) is 15.0 Å². The SMILES string of the molecule is CC.CCOc1ncc(Cc2cnc(CO)c(F)c2)cc1-c1ccnc(OC(F)F)c1. The first-order valence-corrected chi connectivity index (χ1v) is 9.77. The lowest BCUT2D eigenvalue weighted by molar-refractivity contribution is -0.0528. The van der Waals surface area contributed by atoms with Crippen LogP contribution in [-0.2, 0) is 13.0 Å². The lowest BCUT2D eigenvalue weighted by Gasteiger charge is -2.12. The van der Waals surface area contributed by atoms with Gasteiger partial charge < -0.3 is 14.6 Å². The van der Waals surface area contributed by atoms with Gasteiger partial charge in [-0.1, -0.05) is 13.8 Å². The number of aliphatic hydroxyl groups is 1. The van der Waals surface area contributed by atoms with E-state index in [9.17, 15) is 13.2 Å². The zero-order chi connectivity index (χ0) is 22.8. The van der Waals surface area contributed by atoms with Crippen LogP contribution in [0.15, 0.2) is 42.9 Å². The van der Waals surface area contributed by atoms with Crippen LogP contribution in [0.1, 0.15) is 37.6 Å². The maximum absolute atomic E-state index is 13.9. The van der Waals surface area contributed by atoms with Gasteiger partial charge in [-0.2, -0.15) is 8.78 Å². The van der Waals surface area contributed by atoms with Crippen LogP contribution in [0.4, 0.5) is 13.2 Å². The summed E-state index contributed by atoms with van der Waals surface area (Å²) in [5.41, 5.74) is 2.39. The monoisotopic (exact) mass is 435 g/mol. The van der Waals surface area contributed by atoms with Crippen LogP contribution < -0.4 is 9.47 Å². The molecule has 0 radical (unpaired) electrons. The van der Waals surface area contributed by atoms with Crippen molar-refractivity contribution in [3.63, 3.8) is 0 Å². The molecule has 0 aliphatic heterocycles. The van der Waals surface area contributed by atoms with Gasteiger partial charge in [0.1, 0.15) is 11.5 Å². The molecule has 0 unspecified atom stereocenters. The summed E-state index contributed by atoms with van der Waals surface area (Å²) < 4.78 is 48.8. The van der Waals surface area contributed by atoms with Crippen molar-refractivity contribution in [2.45, 2.75) is 40.4 Å². The van der Waals surface area contributed by atoms with E-state index in [-0.39, 0.29) is 11.6 Å². The summed E-state index contributed by atoms with van der Waals surface area (Å²) >= 11 is 0. The summed E-state index contributed by atoms with van der Waals surface area (Å²) in [6, 6.07) is 6.07. The van der Waals surface area contributed by atoms with Crippen molar-refractivity contribution in [2.75, 3.05) is 6.61 Å². The van der Waals surface area contributed by atoms with E-state index in [1.54, 1.807) is 25.3 Å². The van der Waals surface area contributed by atoms with Crippen LogP contribution in [0.25, 0.3) is 11.1 Å². The fourth-order valence-corrected chi connectivity index (χ4v) is 2.74. The molecule has 3 aromatic heterocycles. The van der Waals surface area contributed by atoms with Gasteiger partial charge in [0.15, 0.2) is 0 Å². The minimum absolute atomic E-state index is 0.0254. The molecule has 0 atom stereocenters. The summed E-state index contributed by atoms with van der Waals surface area (Å²) in [4.78, 5) is 12.0. The molecular weight excluding hydrogens is 411 g/mol. The van der Waals surface area contributed by atoms with Crippen LogP contribution in [-0.4, -0.2) is 33.3 Å². The topological polar surface area (TPSA) is 77.4 Å². The summed E-state index contributed by atoms with van der Waals surface area (Å²) in [6.07, 6.45) is 4.74. The summed E-state index contributed by atoms with van der Waals surface area (Å²) in [5, 5.41) is 9.03. The molecule has 3 heterocycles. The molecular formula is C22H24F3N3O3. The summed E-state index contributed by atoms with van der Waals surface area (Å²) in [5.74, 6) is -0.492. The zero-order valence-corrected chi connectivity index (χ0v) is 17.5. The first kappa shape index (κ1) is 24.1. The molecule has 0 bridgehead atoms. The molecule has 0 fully saturated rings. The van der Waals surface area contributed by atoms with Crippen LogP contribution in [0.3, 0.4) is 0 Å². The normalized spacial score (nSPS) is 10.5. The van der Waals surface area contributed by atoms with Crippen molar-refractivity contribution in [3.8, 4) is 22.9 Å². The largest absolute Gasteiger partial charge is 0.478 e. The van der Waals surface area contributed by atoms with Crippen LogP contribution in [0, 0.1) is 5.82 Å². The maximum atomic E-state index is 13.9. The fraction of sp³-hybridized carbons (Fsp3) is 0.318. The average Bonchev–Trinajstić information content (AvgIpc) is 2.76. The molecule has 1 N–H and O–H groups in total. The van der Waals surface area contributed by atoms with Crippen molar-refractivity contribution in [3.05, 3.63) is 65.5 Å². The number of rotatable bonds is 8. The van der Waals surface area contributed by atoms with Gasteiger partial charge in [-0.05, 0) is 41.8 Å². The van der Waals surface area contributed by atoms with Crippen LogP contribution in [0.5, 0.6) is 11.8 Å². The summed E-state index contributed by atoms with van der Waals surface area (Å²) in [6.45, 7) is 2.70. The van der Waals surface area contributed by atoms with Crippen molar-refractivity contribution in [1.29, 1.82) is 0 Å². The number of alkyl halides is 2. The predicted octanol–water partition coefficient (Wildman–Crippen LogP) is 4.79. The third-order valence-corrected chi connectivity index (χ3v) is 3.98. The second-order valence-electron chi connectivity index (χ2n) is 6.00. The van der Waals surface area contributed by atoms with Gasteiger partial charge in [-0.15, -0.1) is 0 Å². The molecule has 0 saturated carbocycles. The standard InChI is InChI=1S/C20H18F3N3O3.C2H6/c1-2-28-19-15(14-3-4-24-18(8-14)29-20(22)23)6-12(10-26-19)5-13-7-16(21)17(11-27)25-9-13;1-2/h3-4,6-10,20,27H,2,5,11H2,1H3;1-2H3. The molecule has 0 aromatic carbocycles. The number of aliphatic hydroxyl groups excluding tert-OH is 1. The Morgan fingerprint density at radius 2 is 1.74 bits per heavy atom. The molecule has 3 aromatic rings. The van der Waals surface area contributed by atoms with E-state index >= 15 is 0 Å². The lowest BCUT2D eigenvalue weighted by atomic mass is 10.0. The zero-order valence-electron chi connectivity index (χ0n) is 17.5. The maximum Gasteiger partial charge on any atom is 0.388 e. The van der Waals surface area contributed by atoms with Crippen molar-refractivity contribution >= 4 is 0 Å². The summed E-state index contributed by atoms with van der Waals surface area (Å²) in [7, 11) is 0. The van der Waals surface area contributed by atoms with E-state index in [0.717, 1.165) is 5.56 Å². The van der Waals surface area contributed by atoms with E-state index in [1.807, 2.05) is 13.8 Å². The Morgan fingerprint density at radius 1 is 1.03 bits per heavy atom. The molecule has 0 amide bonds. The Hall–Kier alpha value is -3.20. The number of ether oxygens (including phenoxy) is 2. The van der Waals surface area contributed by atoms with Crippen molar-refractivity contribution in [2.24, 2.45) is 0 Å². The van der Waals surface area contributed by atoms with Crippen LogP contribution >= 0.6 is 0 Å². The first-order valence-electron chi connectivity index (χ1n) is 9.77. The molecule has 3 rings (SSSR count). The second kappa shape index (κ2) is 11.8. The Balaban J connectivity index is 0.00000166. The van der Waals surface area contributed by atoms with Crippen LogP contribution in [0.2, 0.25) is 0 Å². The van der Waals surface area contributed by atoms with E-state index in [4.69, 9.17) is 9.84 Å². The van der Waals surface area contributed by atoms with E-state index in [0.29, 0.717) is 35.6 Å². The fourth-order valence-electron chi connectivity index (χ4n) is 2.74. The van der Waals surface area contributed by atoms with Gasteiger partial charge in [0.05, 0.1) is 13.2 Å². The Morgan fingerprint density at radius 3 is 2.39 bits per heavy atom. The third kappa shape index (κ3) is 6.65. The molecule has 0 spiro atoms. The number of nitrogens with zero attached hydrogens (tertiary/aromatic N) is 3. The highest BCUT2D eigenvalue weighted by Crippen LogP contribution is 2.31. The average molecular weight is 435 g/mol. The minimum Gasteiger partial charge on any atom is -0.478 e. The Labute approximate surface area is 178 Å². The molecule has 9 heteroatoms. The van der Waals surface area contributed by atoms with E-state index in [2.05, 4.69) is 19.7 Å². The Bertz CT molecular complexity index is 987. The highest BCUT2D eigenvalue weighted by atomic mass is 19.3. The first-order chi connectivity index (χ1) is 15.0. The number of pyridine rings is 3. The number of hydrogen-bond acceptors (Lipinski definition) is 6. The van der Waals surface area contributed by atoms with Gasteiger partial charge in [0.25, 0.3) is 0 Å². The molecule has 0 aliphatic carbocycles. The van der Waals surface area contributed by atoms with E-state index < -0.39 is 19.0 Å². The quantitative estimate of drug-likeness (QED) is 0.548. The number of aromatic nitrogens is 3. The molecule has 166 valence electrons. The minimum atomic E-state index is -2.99. The number of halogens is 3. The van der Waals surface area contributed by atoms with Gasteiger partial charge in [-0.3, -0.25) is 4.98 Å². The van der Waals surface area contributed by atoms with Gasteiger partial charge in [-0.25, -0.2) is 14.4 Å². The van der Waals surface area contributed by atoms with Gasteiger partial charge in [0, 0.05) is 36.6 Å². The smallest absolute Gasteiger partial charge is 0.388 e.